The number of piperidine rings is 2. The van der Waals surface area contributed by atoms with Gasteiger partial charge in [-0.1, -0.05) is 30.3 Å². The number of aryl methyl sites for hydroxylation is 1. The van der Waals surface area contributed by atoms with Crippen molar-refractivity contribution in [1.82, 2.24) is 19.4 Å². The lowest BCUT2D eigenvalue weighted by Crippen LogP contribution is -2.49. The highest BCUT2D eigenvalue weighted by Crippen LogP contribution is 2.37. The number of carbonyl (C=O) groups is 1. The number of carbonyl (C=O) groups excluding carboxylic acids is 1. The molecule has 3 heterocycles. The summed E-state index contributed by atoms with van der Waals surface area (Å²) in [5, 5.41) is 0. The van der Waals surface area contributed by atoms with Crippen LogP contribution in [0, 0.1) is 5.92 Å². The Balaban J connectivity index is 0.00000442. The SMILES string of the molecule is Cl.Cn1ccnc1CN1CCC(C(=O)N2CC[C@H](OCc3cc(C(F)(F)F)cc(C(F)(F)F)c3)[C@H](c3ccccc3)C2)CC1. The quantitative estimate of drug-likeness (QED) is 0.269. The van der Waals surface area contributed by atoms with Crippen LogP contribution in [0.5, 0.6) is 0 Å². The van der Waals surface area contributed by atoms with Crippen LogP contribution in [-0.4, -0.2) is 57.5 Å². The van der Waals surface area contributed by atoms with Gasteiger partial charge in [0.1, 0.15) is 5.82 Å². The van der Waals surface area contributed by atoms with Gasteiger partial charge in [0.25, 0.3) is 0 Å². The number of aromatic nitrogens is 2. The number of hydrogen-bond donors (Lipinski definition) is 0. The molecule has 2 aliphatic rings. The number of rotatable bonds is 7. The van der Waals surface area contributed by atoms with Gasteiger partial charge in [-0.05, 0) is 61.7 Å². The van der Waals surface area contributed by atoms with E-state index in [1.807, 2.05) is 53.0 Å². The number of amides is 1. The van der Waals surface area contributed by atoms with Crippen molar-refractivity contribution in [2.75, 3.05) is 26.2 Å². The molecule has 0 aliphatic carbocycles. The second-order valence-electron chi connectivity index (χ2n) is 11.4. The summed E-state index contributed by atoms with van der Waals surface area (Å²) in [5.41, 5.74) is -2.04. The van der Waals surface area contributed by atoms with Crippen LogP contribution in [0.3, 0.4) is 0 Å². The molecule has 2 aliphatic heterocycles. The van der Waals surface area contributed by atoms with Gasteiger partial charge in [0, 0.05) is 44.4 Å². The molecule has 6 nitrogen and oxygen atoms in total. The second kappa shape index (κ2) is 13.9. The molecular weight excluding hydrogens is 610 g/mol. The summed E-state index contributed by atoms with van der Waals surface area (Å²) in [4.78, 5) is 22.1. The average molecular weight is 645 g/mol. The summed E-state index contributed by atoms with van der Waals surface area (Å²) in [5.74, 6) is 0.647. The minimum Gasteiger partial charge on any atom is -0.373 e. The Kier molecular flexibility index (Phi) is 10.7. The van der Waals surface area contributed by atoms with Crippen LogP contribution in [0.2, 0.25) is 0 Å². The van der Waals surface area contributed by atoms with Gasteiger partial charge in [0.2, 0.25) is 5.91 Å². The van der Waals surface area contributed by atoms with Gasteiger partial charge in [-0.3, -0.25) is 9.69 Å². The summed E-state index contributed by atoms with van der Waals surface area (Å²) < 4.78 is 88.2. The molecule has 0 spiro atoms. The number of ether oxygens (including phenoxy) is 1. The summed E-state index contributed by atoms with van der Waals surface area (Å²) >= 11 is 0. The second-order valence-corrected chi connectivity index (χ2v) is 11.4. The van der Waals surface area contributed by atoms with Crippen LogP contribution >= 0.6 is 12.4 Å². The van der Waals surface area contributed by atoms with Gasteiger partial charge >= 0.3 is 12.4 Å². The van der Waals surface area contributed by atoms with Crippen LogP contribution in [0.4, 0.5) is 26.3 Å². The van der Waals surface area contributed by atoms with E-state index in [1.165, 1.54) is 0 Å². The Morgan fingerprint density at radius 3 is 2.14 bits per heavy atom. The number of halogens is 7. The Morgan fingerprint density at radius 2 is 1.57 bits per heavy atom. The monoisotopic (exact) mass is 644 g/mol. The van der Waals surface area contributed by atoms with Gasteiger partial charge < -0.3 is 14.2 Å². The zero-order valence-corrected chi connectivity index (χ0v) is 25.0. The summed E-state index contributed by atoms with van der Waals surface area (Å²) in [7, 11) is 1.95. The number of imidazole rings is 1. The number of nitrogens with zero attached hydrogens (tertiary/aromatic N) is 4. The van der Waals surface area contributed by atoms with E-state index >= 15 is 0 Å². The van der Waals surface area contributed by atoms with Crippen LogP contribution in [0.25, 0.3) is 0 Å². The van der Waals surface area contributed by atoms with Crippen LogP contribution in [-0.2, 0) is 42.1 Å². The highest BCUT2D eigenvalue weighted by molar-refractivity contribution is 5.85. The molecule has 2 atom stereocenters. The molecule has 44 heavy (non-hydrogen) atoms. The van der Waals surface area contributed by atoms with Crippen LogP contribution < -0.4 is 0 Å². The third kappa shape index (κ3) is 8.13. The fraction of sp³-hybridized carbons (Fsp3) is 0.484. The first-order chi connectivity index (χ1) is 20.4. The first kappa shape index (κ1) is 33.8. The van der Waals surface area contributed by atoms with Crippen molar-refractivity contribution in [1.29, 1.82) is 0 Å². The van der Waals surface area contributed by atoms with Crippen molar-refractivity contribution >= 4 is 18.3 Å². The molecule has 0 unspecified atom stereocenters. The zero-order valence-electron chi connectivity index (χ0n) is 24.2. The standard InChI is InChI=1S/C31H34F6N4O2.ClH/c1-39-14-10-38-28(39)19-40-11-7-23(8-12-40)29(42)41-13-9-27(26(18-41)22-5-3-2-4-6-22)43-20-21-15-24(30(32,33)34)17-25(16-21)31(35,36)37;/h2-6,10,14-17,23,26-27H,7-9,11-13,18-20H2,1H3;1H/t26-,27-;/m0./s1. The maximum atomic E-state index is 13.6. The molecule has 0 bridgehead atoms. The lowest BCUT2D eigenvalue weighted by Gasteiger charge is -2.41. The Hall–Kier alpha value is -3.09. The van der Waals surface area contributed by atoms with E-state index in [-0.39, 0.29) is 41.8 Å². The number of hydrogen-bond acceptors (Lipinski definition) is 4. The van der Waals surface area contributed by atoms with Gasteiger partial charge in [-0.15, -0.1) is 12.4 Å². The van der Waals surface area contributed by atoms with Gasteiger partial charge in [0.15, 0.2) is 0 Å². The average Bonchev–Trinajstić information content (AvgIpc) is 3.39. The third-order valence-electron chi connectivity index (χ3n) is 8.42. The fourth-order valence-corrected chi connectivity index (χ4v) is 6.00. The summed E-state index contributed by atoms with van der Waals surface area (Å²) in [6.45, 7) is 2.63. The van der Waals surface area contributed by atoms with Crippen LogP contribution in [0.1, 0.15) is 53.3 Å². The molecule has 2 saturated heterocycles. The number of likely N-dealkylation sites (tertiary alicyclic amines) is 2. The molecule has 0 N–H and O–H groups in total. The zero-order chi connectivity index (χ0) is 30.8. The predicted molar refractivity (Wildman–Crippen MR) is 154 cm³/mol. The largest absolute Gasteiger partial charge is 0.416 e. The van der Waals surface area contributed by atoms with Crippen molar-refractivity contribution in [3.8, 4) is 0 Å². The topological polar surface area (TPSA) is 50.6 Å². The van der Waals surface area contributed by atoms with E-state index in [0.29, 0.717) is 31.6 Å². The molecule has 1 amide bonds. The van der Waals surface area contributed by atoms with E-state index < -0.39 is 36.2 Å². The normalized spacial score (nSPS) is 20.4. The van der Waals surface area contributed by atoms with Crippen molar-refractivity contribution in [2.45, 2.75) is 56.8 Å². The lowest BCUT2D eigenvalue weighted by atomic mass is 9.86. The third-order valence-corrected chi connectivity index (χ3v) is 8.42. The van der Waals surface area contributed by atoms with E-state index in [9.17, 15) is 31.1 Å². The molecule has 0 saturated carbocycles. The predicted octanol–water partition coefficient (Wildman–Crippen LogP) is 6.69. The van der Waals surface area contributed by atoms with E-state index in [4.69, 9.17) is 4.74 Å². The molecule has 13 heteroatoms. The summed E-state index contributed by atoms with van der Waals surface area (Å²) in [6, 6.07) is 10.9. The fourth-order valence-electron chi connectivity index (χ4n) is 6.00. The van der Waals surface area contributed by atoms with E-state index in [2.05, 4.69) is 9.88 Å². The molecular formula is C31H35ClF6N4O2. The van der Waals surface area contributed by atoms with E-state index in [0.717, 1.165) is 43.9 Å². The number of alkyl halides is 6. The minimum absolute atomic E-state index is 0. The van der Waals surface area contributed by atoms with Gasteiger partial charge in [0.05, 0.1) is 30.4 Å². The maximum absolute atomic E-state index is 13.6. The molecule has 240 valence electrons. The molecule has 5 rings (SSSR count). The highest BCUT2D eigenvalue weighted by atomic mass is 35.5. The van der Waals surface area contributed by atoms with E-state index in [1.54, 1.807) is 6.20 Å². The Bertz CT molecular complexity index is 1360. The highest BCUT2D eigenvalue weighted by Gasteiger charge is 2.39. The minimum atomic E-state index is -4.93. The van der Waals surface area contributed by atoms with Gasteiger partial charge in [-0.25, -0.2) is 4.98 Å². The molecule has 3 aromatic rings. The molecule has 2 aromatic carbocycles. The van der Waals surface area contributed by atoms with Crippen molar-refractivity contribution in [3.05, 3.63) is 89.0 Å². The van der Waals surface area contributed by atoms with Crippen molar-refractivity contribution in [3.63, 3.8) is 0 Å². The lowest BCUT2D eigenvalue weighted by molar-refractivity contribution is -0.143. The molecule has 2 fully saturated rings. The Labute approximate surface area is 258 Å². The van der Waals surface area contributed by atoms with Crippen LogP contribution in [0.15, 0.2) is 60.9 Å². The molecule has 0 radical (unpaired) electrons. The first-order valence-corrected chi connectivity index (χ1v) is 14.3. The first-order valence-electron chi connectivity index (χ1n) is 14.3. The van der Waals surface area contributed by atoms with Crippen molar-refractivity contribution < 1.29 is 35.9 Å². The Morgan fingerprint density at radius 1 is 0.932 bits per heavy atom. The number of benzene rings is 2. The maximum Gasteiger partial charge on any atom is 0.416 e. The van der Waals surface area contributed by atoms with Crippen molar-refractivity contribution in [2.24, 2.45) is 13.0 Å². The molecule has 1 aromatic heterocycles. The summed E-state index contributed by atoms with van der Waals surface area (Å²) in [6.07, 6.45) is -4.81. The van der Waals surface area contributed by atoms with Gasteiger partial charge in [-0.2, -0.15) is 26.3 Å². The smallest absolute Gasteiger partial charge is 0.373 e.